The Morgan fingerprint density at radius 1 is 1.47 bits per heavy atom. The molecule has 1 heterocycles. The third-order valence-electron chi connectivity index (χ3n) is 3.23. The third-order valence-corrected chi connectivity index (χ3v) is 3.23. The predicted molar refractivity (Wildman–Crippen MR) is 63.1 cm³/mol. The Bertz CT molecular complexity index is 372. The fourth-order valence-corrected chi connectivity index (χ4v) is 2.15. The van der Waals surface area contributed by atoms with E-state index in [9.17, 15) is 9.50 Å². The van der Waals surface area contributed by atoms with Crippen molar-refractivity contribution in [3.8, 4) is 0 Å². The molecule has 3 nitrogen and oxygen atoms in total. The zero-order chi connectivity index (χ0) is 12.3. The van der Waals surface area contributed by atoms with Crippen LogP contribution in [0.3, 0.4) is 0 Å². The van der Waals surface area contributed by atoms with Gasteiger partial charge in [0, 0.05) is 18.7 Å². The van der Waals surface area contributed by atoms with Crippen LogP contribution in [-0.2, 0) is 11.3 Å². The number of hydrogen-bond donors (Lipinski definition) is 1. The summed E-state index contributed by atoms with van der Waals surface area (Å²) < 4.78 is 18.8. The van der Waals surface area contributed by atoms with Crippen LogP contribution >= 0.6 is 0 Å². The molecule has 0 radical (unpaired) electrons. The topological polar surface area (TPSA) is 32.7 Å². The first-order chi connectivity index (χ1) is 8.18. The molecule has 1 fully saturated rings. The Labute approximate surface area is 101 Å². The number of nitrogens with zero attached hydrogens (tertiary/aromatic N) is 1. The maximum absolute atomic E-state index is 13.5. The quantitative estimate of drug-likeness (QED) is 0.865. The standard InChI is InChI=1S/C13H18FNO2/c1-15(12-9-17-7-6-13(12)16)8-10-4-2-3-5-11(10)14/h2-5,12-13,16H,6-9H2,1H3. The van der Waals surface area contributed by atoms with E-state index in [1.165, 1.54) is 6.07 Å². The van der Waals surface area contributed by atoms with E-state index in [0.717, 1.165) is 0 Å². The van der Waals surface area contributed by atoms with Gasteiger partial charge in [-0.1, -0.05) is 18.2 Å². The second kappa shape index (κ2) is 5.58. The minimum absolute atomic E-state index is 0.0524. The van der Waals surface area contributed by atoms with Gasteiger partial charge < -0.3 is 9.84 Å². The summed E-state index contributed by atoms with van der Waals surface area (Å²) in [7, 11) is 1.88. The van der Waals surface area contributed by atoms with Crippen molar-refractivity contribution in [3.63, 3.8) is 0 Å². The fourth-order valence-electron chi connectivity index (χ4n) is 2.15. The molecular formula is C13H18FNO2. The van der Waals surface area contributed by atoms with Gasteiger partial charge in [0.1, 0.15) is 5.82 Å². The van der Waals surface area contributed by atoms with E-state index in [-0.39, 0.29) is 18.0 Å². The van der Waals surface area contributed by atoms with E-state index in [1.54, 1.807) is 12.1 Å². The molecule has 1 N–H and O–H groups in total. The van der Waals surface area contributed by atoms with Crippen LogP contribution in [0.1, 0.15) is 12.0 Å². The summed E-state index contributed by atoms with van der Waals surface area (Å²) in [5.41, 5.74) is 0.646. The molecule has 0 spiro atoms. The lowest BCUT2D eigenvalue weighted by Crippen LogP contribution is -2.47. The highest BCUT2D eigenvalue weighted by molar-refractivity contribution is 5.17. The van der Waals surface area contributed by atoms with Crippen molar-refractivity contribution >= 4 is 0 Å². The summed E-state index contributed by atoms with van der Waals surface area (Å²) in [6.07, 6.45) is 0.257. The normalized spacial score (nSPS) is 25.2. The Hall–Kier alpha value is -0.970. The van der Waals surface area contributed by atoms with Crippen molar-refractivity contribution in [2.75, 3.05) is 20.3 Å². The Balaban J connectivity index is 2.01. The molecule has 4 heteroatoms. The van der Waals surface area contributed by atoms with E-state index in [2.05, 4.69) is 0 Å². The summed E-state index contributed by atoms with van der Waals surface area (Å²) >= 11 is 0. The minimum Gasteiger partial charge on any atom is -0.391 e. The van der Waals surface area contributed by atoms with Gasteiger partial charge in [0.2, 0.25) is 0 Å². The minimum atomic E-state index is -0.388. The maximum Gasteiger partial charge on any atom is 0.127 e. The second-order valence-corrected chi connectivity index (χ2v) is 4.50. The summed E-state index contributed by atoms with van der Waals surface area (Å²) in [6, 6.07) is 6.67. The largest absolute Gasteiger partial charge is 0.391 e. The highest BCUT2D eigenvalue weighted by Gasteiger charge is 2.27. The molecule has 1 aromatic carbocycles. The highest BCUT2D eigenvalue weighted by Crippen LogP contribution is 2.16. The molecule has 2 rings (SSSR count). The van der Waals surface area contributed by atoms with Crippen LogP contribution in [-0.4, -0.2) is 42.4 Å². The maximum atomic E-state index is 13.5. The molecule has 1 aromatic rings. The van der Waals surface area contributed by atoms with Crippen LogP contribution in [0.5, 0.6) is 0 Å². The van der Waals surface area contributed by atoms with E-state index in [4.69, 9.17) is 4.74 Å². The predicted octanol–water partition coefficient (Wildman–Crippen LogP) is 1.41. The molecule has 94 valence electrons. The first-order valence-corrected chi connectivity index (χ1v) is 5.88. The molecule has 1 saturated heterocycles. The van der Waals surface area contributed by atoms with Crippen molar-refractivity contribution in [3.05, 3.63) is 35.6 Å². The molecule has 2 atom stereocenters. The van der Waals surface area contributed by atoms with Gasteiger partial charge in [-0.05, 0) is 19.5 Å². The smallest absolute Gasteiger partial charge is 0.127 e. The molecular weight excluding hydrogens is 221 g/mol. The van der Waals surface area contributed by atoms with Crippen molar-refractivity contribution in [1.82, 2.24) is 4.90 Å². The van der Waals surface area contributed by atoms with Gasteiger partial charge in [0.25, 0.3) is 0 Å². The zero-order valence-electron chi connectivity index (χ0n) is 9.97. The van der Waals surface area contributed by atoms with Crippen LogP contribution < -0.4 is 0 Å². The van der Waals surface area contributed by atoms with E-state index in [1.807, 2.05) is 18.0 Å². The van der Waals surface area contributed by atoms with Gasteiger partial charge in [0.15, 0.2) is 0 Å². The first kappa shape index (κ1) is 12.5. The van der Waals surface area contributed by atoms with Gasteiger partial charge in [-0.25, -0.2) is 4.39 Å². The summed E-state index contributed by atoms with van der Waals surface area (Å²) in [4.78, 5) is 1.95. The average molecular weight is 239 g/mol. The Morgan fingerprint density at radius 3 is 2.94 bits per heavy atom. The number of aliphatic hydroxyl groups is 1. The Morgan fingerprint density at radius 2 is 2.24 bits per heavy atom. The number of halogens is 1. The number of hydrogen-bond acceptors (Lipinski definition) is 3. The fraction of sp³-hybridized carbons (Fsp3) is 0.538. The van der Waals surface area contributed by atoms with Crippen LogP contribution in [0.4, 0.5) is 4.39 Å². The van der Waals surface area contributed by atoms with Gasteiger partial charge in [-0.15, -0.1) is 0 Å². The molecule has 0 amide bonds. The van der Waals surface area contributed by atoms with Crippen LogP contribution in [0.2, 0.25) is 0 Å². The van der Waals surface area contributed by atoms with E-state index < -0.39 is 0 Å². The number of benzene rings is 1. The average Bonchev–Trinajstić information content (AvgIpc) is 2.32. The lowest BCUT2D eigenvalue weighted by molar-refractivity contribution is -0.0565. The zero-order valence-corrected chi connectivity index (χ0v) is 9.97. The third kappa shape index (κ3) is 3.03. The van der Waals surface area contributed by atoms with Gasteiger partial charge >= 0.3 is 0 Å². The van der Waals surface area contributed by atoms with Crippen molar-refractivity contribution < 1.29 is 14.2 Å². The molecule has 0 bridgehead atoms. The van der Waals surface area contributed by atoms with E-state index >= 15 is 0 Å². The number of likely N-dealkylation sites (N-methyl/N-ethyl adjacent to an activating group) is 1. The molecule has 1 aliphatic heterocycles. The van der Waals surface area contributed by atoms with Crippen molar-refractivity contribution in [2.45, 2.75) is 25.1 Å². The molecule has 0 aromatic heterocycles. The molecule has 0 aliphatic carbocycles. The van der Waals surface area contributed by atoms with Crippen LogP contribution in [0.25, 0.3) is 0 Å². The molecule has 0 saturated carbocycles. The monoisotopic (exact) mass is 239 g/mol. The summed E-state index contributed by atoms with van der Waals surface area (Å²) in [5, 5.41) is 9.87. The second-order valence-electron chi connectivity index (χ2n) is 4.50. The number of aliphatic hydroxyl groups excluding tert-OH is 1. The first-order valence-electron chi connectivity index (χ1n) is 5.88. The number of rotatable bonds is 3. The van der Waals surface area contributed by atoms with Crippen molar-refractivity contribution in [1.29, 1.82) is 0 Å². The lowest BCUT2D eigenvalue weighted by atomic mass is 10.0. The van der Waals surface area contributed by atoms with Gasteiger partial charge in [0.05, 0.1) is 18.8 Å². The summed E-state index contributed by atoms with van der Waals surface area (Å²) in [6.45, 7) is 1.59. The van der Waals surface area contributed by atoms with Gasteiger partial charge in [-0.3, -0.25) is 4.90 Å². The van der Waals surface area contributed by atoms with E-state index in [0.29, 0.717) is 31.7 Å². The molecule has 2 unspecified atom stereocenters. The molecule has 17 heavy (non-hydrogen) atoms. The lowest BCUT2D eigenvalue weighted by Gasteiger charge is -2.35. The highest BCUT2D eigenvalue weighted by atomic mass is 19.1. The molecule has 1 aliphatic rings. The van der Waals surface area contributed by atoms with Gasteiger partial charge in [-0.2, -0.15) is 0 Å². The van der Waals surface area contributed by atoms with Crippen molar-refractivity contribution in [2.24, 2.45) is 0 Å². The Kier molecular flexibility index (Phi) is 4.10. The number of ether oxygens (including phenoxy) is 1. The summed E-state index contributed by atoms with van der Waals surface area (Å²) in [5.74, 6) is -0.203. The van der Waals surface area contributed by atoms with Crippen LogP contribution in [0, 0.1) is 5.82 Å². The van der Waals surface area contributed by atoms with Crippen LogP contribution in [0.15, 0.2) is 24.3 Å². The SMILES string of the molecule is CN(Cc1ccccc1F)C1COCCC1O.